The van der Waals surface area contributed by atoms with Crippen molar-refractivity contribution in [2.45, 2.75) is 0 Å². The van der Waals surface area contributed by atoms with Crippen LogP contribution in [0, 0.1) is 0 Å². The summed E-state index contributed by atoms with van der Waals surface area (Å²) in [5, 5.41) is 3.58. The zero-order valence-electron chi connectivity index (χ0n) is 12.5. The van der Waals surface area contributed by atoms with Gasteiger partial charge in [0.15, 0.2) is 0 Å². The first-order chi connectivity index (χ1) is 11.4. The highest BCUT2D eigenvalue weighted by Gasteiger charge is 2.08. The average Bonchev–Trinajstić information content (AvgIpc) is 3.03. The summed E-state index contributed by atoms with van der Waals surface area (Å²) in [6, 6.07) is 27.4. The van der Waals surface area contributed by atoms with Gasteiger partial charge in [-0.2, -0.15) is 0 Å². The maximum Gasteiger partial charge on any atom is 0.0716 e. The molecule has 0 saturated carbocycles. The Morgan fingerprint density at radius 1 is 0.652 bits per heavy atom. The molecule has 2 heterocycles. The molecule has 0 aliphatic carbocycles. The first-order valence-corrected chi connectivity index (χ1v) is 7.75. The molecule has 0 spiro atoms. The van der Waals surface area contributed by atoms with E-state index in [1.807, 2.05) is 6.07 Å². The lowest BCUT2D eigenvalue weighted by atomic mass is 10.0. The van der Waals surface area contributed by atoms with Crippen molar-refractivity contribution in [3.05, 3.63) is 78.9 Å². The van der Waals surface area contributed by atoms with Crippen LogP contribution in [-0.4, -0.2) is 9.97 Å². The van der Waals surface area contributed by atoms with Crippen molar-refractivity contribution in [2.24, 2.45) is 0 Å². The van der Waals surface area contributed by atoms with Gasteiger partial charge in [-0.1, -0.05) is 48.5 Å². The minimum atomic E-state index is 1.03. The number of aromatic nitrogens is 2. The Morgan fingerprint density at radius 3 is 2.35 bits per heavy atom. The first kappa shape index (κ1) is 12.4. The Morgan fingerprint density at radius 2 is 1.43 bits per heavy atom. The number of nitrogens with zero attached hydrogens (tertiary/aromatic N) is 1. The van der Waals surface area contributed by atoms with E-state index >= 15 is 0 Å². The van der Waals surface area contributed by atoms with Crippen molar-refractivity contribution in [3.63, 3.8) is 0 Å². The van der Waals surface area contributed by atoms with E-state index < -0.39 is 0 Å². The molecule has 0 unspecified atom stereocenters. The highest BCUT2D eigenvalue weighted by molar-refractivity contribution is 6.02. The van der Waals surface area contributed by atoms with E-state index in [4.69, 9.17) is 4.98 Å². The Bertz CT molecular complexity index is 1140. The second kappa shape index (κ2) is 4.68. The third-order valence-electron chi connectivity index (χ3n) is 4.38. The summed E-state index contributed by atoms with van der Waals surface area (Å²) >= 11 is 0. The van der Waals surface area contributed by atoms with E-state index in [0.29, 0.717) is 0 Å². The number of fused-ring (bicyclic) bond motifs is 3. The number of benzene rings is 3. The van der Waals surface area contributed by atoms with E-state index in [1.54, 1.807) is 0 Å². The third-order valence-corrected chi connectivity index (χ3v) is 4.38. The van der Waals surface area contributed by atoms with Crippen molar-refractivity contribution in [1.82, 2.24) is 9.97 Å². The van der Waals surface area contributed by atoms with Crippen LogP contribution in [0.15, 0.2) is 78.9 Å². The lowest BCUT2D eigenvalue weighted by molar-refractivity contribution is 1.45. The van der Waals surface area contributed by atoms with Gasteiger partial charge in [0.2, 0.25) is 0 Å². The van der Waals surface area contributed by atoms with Gasteiger partial charge in [0.1, 0.15) is 0 Å². The summed E-state index contributed by atoms with van der Waals surface area (Å²) < 4.78 is 0. The van der Waals surface area contributed by atoms with Gasteiger partial charge in [0.05, 0.1) is 11.0 Å². The molecule has 0 aliphatic rings. The fraction of sp³-hybridized carbons (Fsp3) is 0. The molecule has 5 rings (SSSR count). The fourth-order valence-electron chi connectivity index (χ4n) is 3.25. The number of hydrogen-bond acceptors (Lipinski definition) is 1. The normalized spacial score (nSPS) is 11.5. The molecular weight excluding hydrogens is 280 g/mol. The van der Waals surface area contributed by atoms with Gasteiger partial charge in [0, 0.05) is 32.9 Å². The molecule has 2 nitrogen and oxygen atoms in total. The van der Waals surface area contributed by atoms with Gasteiger partial charge in [-0.25, -0.2) is 4.98 Å². The number of H-pyrrole nitrogens is 1. The predicted molar refractivity (Wildman–Crippen MR) is 96.5 cm³/mol. The van der Waals surface area contributed by atoms with Crippen LogP contribution in [0.3, 0.4) is 0 Å². The summed E-state index contributed by atoms with van der Waals surface area (Å²) in [7, 11) is 0. The van der Waals surface area contributed by atoms with Crippen LogP contribution in [-0.2, 0) is 0 Å². The van der Waals surface area contributed by atoms with Crippen LogP contribution < -0.4 is 0 Å². The molecule has 2 aromatic heterocycles. The summed E-state index contributed by atoms with van der Waals surface area (Å²) in [4.78, 5) is 8.33. The molecule has 0 aliphatic heterocycles. The van der Waals surface area contributed by atoms with Crippen LogP contribution in [0.4, 0.5) is 0 Å². The van der Waals surface area contributed by atoms with Gasteiger partial charge in [-0.3, -0.25) is 0 Å². The lowest BCUT2D eigenvalue weighted by Crippen LogP contribution is -1.86. The molecule has 23 heavy (non-hydrogen) atoms. The summed E-state index contributed by atoms with van der Waals surface area (Å²) in [5.41, 5.74) is 5.55. The molecule has 0 radical (unpaired) electrons. The molecule has 1 N–H and O–H groups in total. The molecule has 0 saturated heterocycles. The molecule has 0 amide bonds. The number of nitrogens with one attached hydrogen (secondary N) is 1. The molecule has 108 valence electrons. The molecule has 0 fully saturated rings. The Kier molecular flexibility index (Phi) is 2.53. The SMILES string of the molecule is c1ccc2nc3cccc(-c4cc5ccccc5[nH]4)c3cc2c1. The van der Waals surface area contributed by atoms with Gasteiger partial charge in [-0.15, -0.1) is 0 Å². The maximum absolute atomic E-state index is 4.80. The standard InChI is InChI=1S/C21H14N2/c1-3-9-18-14(6-1)12-17-16(8-5-11-20(17)22-18)21-13-15-7-2-4-10-19(15)23-21/h1-13,23H. The average molecular weight is 294 g/mol. The zero-order chi connectivity index (χ0) is 15.2. The van der Waals surface area contributed by atoms with Crippen LogP contribution >= 0.6 is 0 Å². The van der Waals surface area contributed by atoms with E-state index in [2.05, 4.69) is 77.8 Å². The molecule has 0 atom stereocenters. The molecule has 5 aromatic rings. The summed E-state index contributed by atoms with van der Waals surface area (Å²) in [6.45, 7) is 0. The Balaban J connectivity index is 1.84. The van der Waals surface area contributed by atoms with Crippen molar-refractivity contribution in [1.29, 1.82) is 0 Å². The number of rotatable bonds is 1. The molecule has 2 heteroatoms. The van der Waals surface area contributed by atoms with Crippen LogP contribution in [0.2, 0.25) is 0 Å². The van der Waals surface area contributed by atoms with Crippen LogP contribution in [0.1, 0.15) is 0 Å². The first-order valence-electron chi connectivity index (χ1n) is 7.75. The van der Waals surface area contributed by atoms with E-state index in [1.165, 1.54) is 21.7 Å². The number of para-hydroxylation sites is 2. The second-order valence-corrected chi connectivity index (χ2v) is 5.82. The smallest absolute Gasteiger partial charge is 0.0716 e. The highest BCUT2D eigenvalue weighted by Crippen LogP contribution is 2.31. The molecule has 0 bridgehead atoms. The Labute approximate surface area is 133 Å². The summed E-state index contributed by atoms with van der Waals surface area (Å²) in [6.07, 6.45) is 0. The lowest BCUT2D eigenvalue weighted by Gasteiger charge is -2.06. The molecular formula is C21H14N2. The number of hydrogen-bond donors (Lipinski definition) is 1. The van der Waals surface area contributed by atoms with Crippen LogP contribution in [0.5, 0.6) is 0 Å². The Hall–Kier alpha value is -3.13. The van der Waals surface area contributed by atoms with Gasteiger partial charge < -0.3 is 4.98 Å². The van der Waals surface area contributed by atoms with Crippen LogP contribution in [0.25, 0.3) is 44.0 Å². The fourth-order valence-corrected chi connectivity index (χ4v) is 3.25. The molecule has 3 aromatic carbocycles. The van der Waals surface area contributed by atoms with E-state index in [-0.39, 0.29) is 0 Å². The highest BCUT2D eigenvalue weighted by atomic mass is 14.7. The third kappa shape index (κ3) is 1.92. The van der Waals surface area contributed by atoms with Gasteiger partial charge >= 0.3 is 0 Å². The van der Waals surface area contributed by atoms with Crippen molar-refractivity contribution < 1.29 is 0 Å². The quantitative estimate of drug-likeness (QED) is 0.404. The van der Waals surface area contributed by atoms with Crippen molar-refractivity contribution in [2.75, 3.05) is 0 Å². The maximum atomic E-state index is 4.80. The zero-order valence-corrected chi connectivity index (χ0v) is 12.5. The van der Waals surface area contributed by atoms with Crippen molar-refractivity contribution in [3.8, 4) is 11.3 Å². The monoisotopic (exact) mass is 294 g/mol. The minimum Gasteiger partial charge on any atom is -0.355 e. The van der Waals surface area contributed by atoms with E-state index in [0.717, 1.165) is 22.2 Å². The largest absolute Gasteiger partial charge is 0.355 e. The topological polar surface area (TPSA) is 28.7 Å². The second-order valence-electron chi connectivity index (χ2n) is 5.82. The van der Waals surface area contributed by atoms with Gasteiger partial charge in [0.25, 0.3) is 0 Å². The summed E-state index contributed by atoms with van der Waals surface area (Å²) in [5.74, 6) is 0. The van der Waals surface area contributed by atoms with E-state index in [9.17, 15) is 0 Å². The minimum absolute atomic E-state index is 1.03. The van der Waals surface area contributed by atoms with Crippen molar-refractivity contribution >= 4 is 32.7 Å². The number of aromatic amines is 1. The van der Waals surface area contributed by atoms with Gasteiger partial charge in [-0.05, 0) is 30.3 Å². The predicted octanol–water partition coefficient (Wildman–Crippen LogP) is 5.54. The number of pyridine rings is 1.